The van der Waals surface area contributed by atoms with Crippen molar-refractivity contribution in [3.8, 4) is 0 Å². The summed E-state index contributed by atoms with van der Waals surface area (Å²) in [6.45, 7) is 1.82. The fourth-order valence-electron chi connectivity index (χ4n) is 0.953. The summed E-state index contributed by atoms with van der Waals surface area (Å²) in [6, 6.07) is 3.82. The second-order valence-electron chi connectivity index (χ2n) is 2.43. The van der Waals surface area contributed by atoms with E-state index in [4.69, 9.17) is 11.5 Å². The van der Waals surface area contributed by atoms with Crippen molar-refractivity contribution in [1.29, 1.82) is 0 Å². The van der Waals surface area contributed by atoms with Crippen LogP contribution in [0.25, 0.3) is 0 Å². The van der Waals surface area contributed by atoms with Crippen LogP contribution >= 0.6 is 0 Å². The normalized spacial score (nSPS) is 9.83. The number of pyridine rings is 1. The standard InChI is InChI=1S/C8H14N4/c9-3-5-12-8-7(6-10)2-1-4-11-8/h1-2,4H,3,5-6,9-10H2,(H,11,12). The van der Waals surface area contributed by atoms with Crippen LogP contribution in [0.4, 0.5) is 5.82 Å². The van der Waals surface area contributed by atoms with E-state index in [0.717, 1.165) is 17.9 Å². The minimum atomic E-state index is 0.501. The third-order valence-electron chi connectivity index (χ3n) is 1.55. The molecule has 0 saturated heterocycles. The number of rotatable bonds is 4. The molecular formula is C8H14N4. The molecule has 0 fully saturated rings. The van der Waals surface area contributed by atoms with Gasteiger partial charge in [-0.1, -0.05) is 6.07 Å². The van der Waals surface area contributed by atoms with Gasteiger partial charge in [0.2, 0.25) is 0 Å². The number of anilines is 1. The lowest BCUT2D eigenvalue weighted by atomic mass is 10.2. The topological polar surface area (TPSA) is 77.0 Å². The van der Waals surface area contributed by atoms with Gasteiger partial charge in [0.15, 0.2) is 0 Å². The lowest BCUT2D eigenvalue weighted by Crippen LogP contribution is -2.15. The Bertz CT molecular complexity index is 236. The van der Waals surface area contributed by atoms with Crippen molar-refractivity contribution < 1.29 is 0 Å². The van der Waals surface area contributed by atoms with Crippen LogP contribution < -0.4 is 16.8 Å². The average Bonchev–Trinajstić information content (AvgIpc) is 2.15. The highest BCUT2D eigenvalue weighted by Crippen LogP contribution is 2.08. The smallest absolute Gasteiger partial charge is 0.130 e. The Morgan fingerprint density at radius 2 is 2.25 bits per heavy atom. The van der Waals surface area contributed by atoms with Crippen molar-refractivity contribution in [3.05, 3.63) is 23.9 Å². The van der Waals surface area contributed by atoms with Gasteiger partial charge in [0.1, 0.15) is 5.82 Å². The second-order valence-corrected chi connectivity index (χ2v) is 2.43. The first-order valence-electron chi connectivity index (χ1n) is 3.96. The molecule has 0 unspecified atom stereocenters. The molecule has 1 heterocycles. The molecule has 66 valence electrons. The molecule has 0 aliphatic heterocycles. The minimum absolute atomic E-state index is 0.501. The van der Waals surface area contributed by atoms with Crippen LogP contribution in [0, 0.1) is 0 Å². The van der Waals surface area contributed by atoms with E-state index >= 15 is 0 Å². The zero-order chi connectivity index (χ0) is 8.81. The summed E-state index contributed by atoms with van der Waals surface area (Å²) in [7, 11) is 0. The largest absolute Gasteiger partial charge is 0.369 e. The van der Waals surface area contributed by atoms with E-state index in [1.165, 1.54) is 0 Å². The highest BCUT2D eigenvalue weighted by molar-refractivity contribution is 5.43. The predicted octanol–water partition coefficient (Wildman–Crippen LogP) is -0.0891. The van der Waals surface area contributed by atoms with Crippen LogP contribution in [-0.2, 0) is 6.54 Å². The Balaban J connectivity index is 2.68. The van der Waals surface area contributed by atoms with Crippen molar-refractivity contribution in [2.75, 3.05) is 18.4 Å². The van der Waals surface area contributed by atoms with Crippen LogP contribution in [-0.4, -0.2) is 18.1 Å². The van der Waals surface area contributed by atoms with Gasteiger partial charge in [0.25, 0.3) is 0 Å². The fourth-order valence-corrected chi connectivity index (χ4v) is 0.953. The molecule has 0 spiro atoms. The van der Waals surface area contributed by atoms with E-state index in [9.17, 15) is 0 Å². The number of nitrogens with zero attached hydrogens (tertiary/aromatic N) is 1. The van der Waals surface area contributed by atoms with E-state index in [1.54, 1.807) is 6.20 Å². The first kappa shape index (κ1) is 8.96. The molecule has 0 bridgehead atoms. The lowest BCUT2D eigenvalue weighted by molar-refractivity contribution is 0.984. The monoisotopic (exact) mass is 166 g/mol. The second kappa shape index (κ2) is 4.69. The molecule has 0 aliphatic rings. The fraction of sp³-hybridized carbons (Fsp3) is 0.375. The molecule has 0 amide bonds. The van der Waals surface area contributed by atoms with Gasteiger partial charge in [0, 0.05) is 31.4 Å². The molecule has 1 aromatic heterocycles. The number of nitrogens with two attached hydrogens (primary N) is 2. The summed E-state index contributed by atoms with van der Waals surface area (Å²) in [5.41, 5.74) is 11.9. The number of hydrogen-bond donors (Lipinski definition) is 3. The Morgan fingerprint density at radius 3 is 2.92 bits per heavy atom. The molecule has 5 N–H and O–H groups in total. The summed E-state index contributed by atoms with van der Waals surface area (Å²) in [4.78, 5) is 4.14. The van der Waals surface area contributed by atoms with Gasteiger partial charge < -0.3 is 16.8 Å². The van der Waals surface area contributed by atoms with Crippen LogP contribution in [0.15, 0.2) is 18.3 Å². The van der Waals surface area contributed by atoms with E-state index in [-0.39, 0.29) is 0 Å². The Labute approximate surface area is 72.0 Å². The summed E-state index contributed by atoms with van der Waals surface area (Å²) in [6.07, 6.45) is 1.73. The van der Waals surface area contributed by atoms with Gasteiger partial charge in [-0.05, 0) is 6.07 Å². The average molecular weight is 166 g/mol. The maximum atomic E-state index is 5.51. The lowest BCUT2D eigenvalue weighted by Gasteiger charge is -2.07. The van der Waals surface area contributed by atoms with Gasteiger partial charge in [-0.3, -0.25) is 0 Å². The van der Waals surface area contributed by atoms with Crippen LogP contribution in [0.2, 0.25) is 0 Å². The number of nitrogens with one attached hydrogen (secondary N) is 1. The molecule has 0 aliphatic carbocycles. The van der Waals surface area contributed by atoms with E-state index in [1.807, 2.05) is 12.1 Å². The maximum absolute atomic E-state index is 5.51. The molecule has 1 aromatic rings. The summed E-state index contributed by atoms with van der Waals surface area (Å²) in [5.74, 6) is 0.838. The van der Waals surface area contributed by atoms with Crippen molar-refractivity contribution >= 4 is 5.82 Å². The third kappa shape index (κ3) is 2.18. The molecular weight excluding hydrogens is 152 g/mol. The van der Waals surface area contributed by atoms with Crippen molar-refractivity contribution in [2.45, 2.75) is 6.54 Å². The molecule has 0 radical (unpaired) electrons. The molecule has 0 saturated carbocycles. The minimum Gasteiger partial charge on any atom is -0.369 e. The molecule has 4 nitrogen and oxygen atoms in total. The number of aromatic nitrogens is 1. The van der Waals surface area contributed by atoms with Gasteiger partial charge >= 0.3 is 0 Å². The van der Waals surface area contributed by atoms with Crippen molar-refractivity contribution in [3.63, 3.8) is 0 Å². The predicted molar refractivity (Wildman–Crippen MR) is 49.7 cm³/mol. The van der Waals surface area contributed by atoms with Crippen molar-refractivity contribution in [2.24, 2.45) is 11.5 Å². The number of hydrogen-bond acceptors (Lipinski definition) is 4. The summed E-state index contributed by atoms with van der Waals surface area (Å²) < 4.78 is 0. The Kier molecular flexibility index (Phi) is 3.50. The van der Waals surface area contributed by atoms with E-state index in [0.29, 0.717) is 13.1 Å². The quantitative estimate of drug-likeness (QED) is 0.584. The molecule has 0 aromatic carbocycles. The van der Waals surface area contributed by atoms with E-state index in [2.05, 4.69) is 10.3 Å². The Hall–Kier alpha value is -1.13. The zero-order valence-corrected chi connectivity index (χ0v) is 6.96. The first-order valence-corrected chi connectivity index (χ1v) is 3.96. The highest BCUT2D eigenvalue weighted by atomic mass is 15.0. The van der Waals surface area contributed by atoms with Crippen LogP contribution in [0.3, 0.4) is 0 Å². The zero-order valence-electron chi connectivity index (χ0n) is 6.96. The SMILES string of the molecule is NCCNc1ncccc1CN. The molecule has 12 heavy (non-hydrogen) atoms. The van der Waals surface area contributed by atoms with Crippen molar-refractivity contribution in [1.82, 2.24) is 4.98 Å². The molecule has 0 atom stereocenters. The van der Waals surface area contributed by atoms with Gasteiger partial charge in [0.05, 0.1) is 0 Å². The third-order valence-corrected chi connectivity index (χ3v) is 1.55. The van der Waals surface area contributed by atoms with E-state index < -0.39 is 0 Å². The van der Waals surface area contributed by atoms with Gasteiger partial charge in [-0.2, -0.15) is 0 Å². The maximum Gasteiger partial charge on any atom is 0.130 e. The first-order chi connectivity index (χ1) is 5.88. The summed E-state index contributed by atoms with van der Waals surface area (Å²) >= 11 is 0. The van der Waals surface area contributed by atoms with Gasteiger partial charge in [-0.15, -0.1) is 0 Å². The Morgan fingerprint density at radius 1 is 1.42 bits per heavy atom. The summed E-state index contributed by atoms with van der Waals surface area (Å²) in [5, 5.41) is 3.10. The van der Waals surface area contributed by atoms with Crippen LogP contribution in [0.1, 0.15) is 5.56 Å². The highest BCUT2D eigenvalue weighted by Gasteiger charge is 1.98. The molecule has 4 heteroatoms. The molecule has 1 rings (SSSR count). The van der Waals surface area contributed by atoms with Gasteiger partial charge in [-0.25, -0.2) is 4.98 Å². The van der Waals surface area contributed by atoms with Crippen LogP contribution in [0.5, 0.6) is 0 Å².